The molecule has 0 aromatic heterocycles. The van der Waals surface area contributed by atoms with Crippen LogP contribution in [0.15, 0.2) is 24.3 Å². The molecule has 1 aromatic carbocycles. The summed E-state index contributed by atoms with van der Waals surface area (Å²) in [6.07, 6.45) is -3.23. The molecule has 3 fully saturated rings. The van der Waals surface area contributed by atoms with Gasteiger partial charge in [-0.2, -0.15) is 0 Å². The van der Waals surface area contributed by atoms with Gasteiger partial charge in [-0.25, -0.2) is 9.59 Å². The molecule has 58 heavy (non-hydrogen) atoms. The van der Waals surface area contributed by atoms with Crippen LogP contribution in [0, 0.1) is 11.8 Å². The average molecular weight is 821 g/mol. The first-order valence-corrected chi connectivity index (χ1v) is 19.2. The number of fused-ring (bicyclic) bond motifs is 1. The first-order chi connectivity index (χ1) is 27.1. The SMILES string of the molecule is CO[C@H]1O[C@]2(CNC(=O)Nc3ccc(CC(=O)N[C@@H](CC(C)C)C(=O)N[C@@H](CC(=O)O)C(=O)N[C@H](C(=O)N4CCC[C@H]4C(=O)O)C(C)C)cc3)OC(C)(C)O[C@@H]2[C@H]1O. The number of urea groups is 1. The van der Waals surface area contributed by atoms with Gasteiger partial charge in [-0.1, -0.05) is 39.8 Å². The number of anilines is 1. The Morgan fingerprint density at radius 2 is 1.59 bits per heavy atom. The second-order valence-electron chi connectivity index (χ2n) is 15.9. The molecule has 0 spiro atoms. The number of carbonyl (C=O) groups is 7. The third kappa shape index (κ3) is 11.6. The highest BCUT2D eigenvalue weighted by Crippen LogP contribution is 2.45. The summed E-state index contributed by atoms with van der Waals surface area (Å²) < 4.78 is 22.7. The summed E-state index contributed by atoms with van der Waals surface area (Å²) >= 11 is 0. The number of amides is 6. The highest BCUT2D eigenvalue weighted by molar-refractivity contribution is 5.97. The van der Waals surface area contributed by atoms with E-state index in [9.17, 15) is 48.9 Å². The fourth-order valence-electron chi connectivity index (χ4n) is 7.20. The Labute approximate surface area is 336 Å². The van der Waals surface area contributed by atoms with Crippen molar-refractivity contribution in [1.82, 2.24) is 26.2 Å². The minimum absolute atomic E-state index is 0.110. The Hall–Kier alpha value is -4.89. The zero-order chi connectivity index (χ0) is 43.1. The number of carboxylic acid groups (broad SMARTS) is 2. The molecular weight excluding hydrogens is 764 g/mol. The molecule has 3 aliphatic rings. The number of methoxy groups -OCH3 is 1. The van der Waals surface area contributed by atoms with Crippen LogP contribution in [0.1, 0.15) is 72.8 Å². The van der Waals surface area contributed by atoms with Crippen LogP contribution in [-0.4, -0.2) is 136 Å². The number of hydrogen-bond donors (Lipinski definition) is 8. The van der Waals surface area contributed by atoms with Gasteiger partial charge in [-0.05, 0) is 62.6 Å². The predicted octanol–water partition coefficient (Wildman–Crippen LogP) is 0.269. The molecule has 1 aromatic rings. The van der Waals surface area contributed by atoms with E-state index in [1.807, 2.05) is 13.8 Å². The second kappa shape index (κ2) is 19.2. The summed E-state index contributed by atoms with van der Waals surface area (Å²) in [5.41, 5.74) is 0.910. The fourth-order valence-corrected chi connectivity index (χ4v) is 7.20. The molecule has 322 valence electrons. The van der Waals surface area contributed by atoms with Crippen molar-refractivity contribution in [3.8, 4) is 0 Å². The van der Waals surface area contributed by atoms with Crippen molar-refractivity contribution < 1.29 is 67.8 Å². The average Bonchev–Trinajstić information content (AvgIpc) is 3.80. The maximum absolute atomic E-state index is 13.5. The molecule has 0 aliphatic carbocycles. The number of carboxylic acids is 2. The van der Waals surface area contributed by atoms with Crippen LogP contribution in [0.25, 0.3) is 0 Å². The first kappa shape index (κ1) is 45.8. The molecule has 0 radical (unpaired) electrons. The van der Waals surface area contributed by atoms with Crippen LogP contribution in [-0.2, 0) is 54.1 Å². The van der Waals surface area contributed by atoms with Gasteiger partial charge in [0.25, 0.3) is 0 Å². The van der Waals surface area contributed by atoms with Crippen LogP contribution >= 0.6 is 0 Å². The number of ether oxygens (including phenoxy) is 4. The van der Waals surface area contributed by atoms with Gasteiger partial charge in [0.2, 0.25) is 29.4 Å². The third-order valence-corrected chi connectivity index (χ3v) is 9.89. The number of hydrogen-bond acceptors (Lipinski definition) is 12. The summed E-state index contributed by atoms with van der Waals surface area (Å²) in [5.74, 6) is -8.72. The van der Waals surface area contributed by atoms with Crippen molar-refractivity contribution in [2.75, 3.05) is 25.5 Å². The lowest BCUT2D eigenvalue weighted by Gasteiger charge is -2.30. The van der Waals surface area contributed by atoms with Crippen molar-refractivity contribution in [2.45, 2.75) is 128 Å². The number of aliphatic hydroxyl groups is 1. The quantitative estimate of drug-likeness (QED) is 0.0988. The number of nitrogens with one attached hydrogen (secondary N) is 5. The van der Waals surface area contributed by atoms with Crippen LogP contribution in [0.5, 0.6) is 0 Å². The Kier molecular flexibility index (Phi) is 15.2. The normalized spacial score (nSPS) is 25.0. The topological polar surface area (TPSA) is 280 Å². The fraction of sp³-hybridized carbons (Fsp3) is 0.658. The molecule has 0 bridgehead atoms. The van der Waals surface area contributed by atoms with Crippen LogP contribution in [0.4, 0.5) is 10.5 Å². The van der Waals surface area contributed by atoms with Gasteiger partial charge in [0.1, 0.15) is 36.4 Å². The summed E-state index contributed by atoms with van der Waals surface area (Å²) in [6.45, 7) is 10.2. The van der Waals surface area contributed by atoms with Gasteiger partial charge in [-0.15, -0.1) is 0 Å². The van der Waals surface area contributed by atoms with Gasteiger partial charge in [0.05, 0.1) is 19.4 Å². The van der Waals surface area contributed by atoms with E-state index in [-0.39, 0.29) is 38.3 Å². The second-order valence-corrected chi connectivity index (χ2v) is 15.9. The molecule has 8 N–H and O–H groups in total. The molecular formula is C38H56N6O14. The third-order valence-electron chi connectivity index (χ3n) is 9.89. The number of benzene rings is 1. The minimum atomic E-state index is -1.62. The Bertz CT molecular complexity index is 1690. The molecule has 20 nitrogen and oxygen atoms in total. The highest BCUT2D eigenvalue weighted by Gasteiger charge is 2.65. The van der Waals surface area contributed by atoms with Crippen molar-refractivity contribution in [2.24, 2.45) is 11.8 Å². The van der Waals surface area contributed by atoms with Gasteiger partial charge < -0.3 is 65.8 Å². The maximum atomic E-state index is 13.5. The van der Waals surface area contributed by atoms with Crippen LogP contribution < -0.4 is 26.6 Å². The van der Waals surface area contributed by atoms with Crippen molar-refractivity contribution in [1.29, 1.82) is 0 Å². The van der Waals surface area contributed by atoms with Crippen LogP contribution in [0.2, 0.25) is 0 Å². The summed E-state index contributed by atoms with van der Waals surface area (Å²) in [4.78, 5) is 91.0. The van der Waals surface area contributed by atoms with Crippen molar-refractivity contribution in [3.63, 3.8) is 0 Å². The lowest BCUT2D eigenvalue weighted by molar-refractivity contribution is -0.295. The van der Waals surface area contributed by atoms with Crippen molar-refractivity contribution in [3.05, 3.63) is 29.8 Å². The predicted molar refractivity (Wildman–Crippen MR) is 203 cm³/mol. The van der Waals surface area contributed by atoms with Gasteiger partial charge in [0, 0.05) is 19.3 Å². The molecule has 3 saturated heterocycles. The van der Waals surface area contributed by atoms with E-state index in [0.717, 1.165) is 0 Å². The summed E-state index contributed by atoms with van der Waals surface area (Å²) in [5, 5.41) is 42.6. The van der Waals surface area contributed by atoms with E-state index < -0.39 is 108 Å². The number of aliphatic hydroxyl groups excluding tert-OH is 1. The number of likely N-dealkylation sites (tertiary alicyclic amines) is 1. The monoisotopic (exact) mass is 820 g/mol. The van der Waals surface area contributed by atoms with Crippen molar-refractivity contribution >= 4 is 47.3 Å². The number of carbonyl (C=O) groups excluding carboxylic acids is 5. The molecule has 0 unspecified atom stereocenters. The van der Waals surface area contributed by atoms with E-state index >= 15 is 0 Å². The molecule has 3 aliphatic heterocycles. The molecule has 6 amide bonds. The zero-order valence-corrected chi connectivity index (χ0v) is 33.7. The van der Waals surface area contributed by atoms with E-state index in [0.29, 0.717) is 17.7 Å². The van der Waals surface area contributed by atoms with Gasteiger partial charge in [-0.3, -0.25) is 24.0 Å². The smallest absolute Gasteiger partial charge is 0.326 e. The van der Waals surface area contributed by atoms with E-state index in [1.165, 1.54) is 12.0 Å². The number of aliphatic carboxylic acids is 2. The Morgan fingerprint density at radius 1 is 0.931 bits per heavy atom. The van der Waals surface area contributed by atoms with E-state index in [4.69, 9.17) is 18.9 Å². The summed E-state index contributed by atoms with van der Waals surface area (Å²) in [7, 11) is 1.36. The Balaban J connectivity index is 1.34. The lowest BCUT2D eigenvalue weighted by atomic mass is 10.00. The first-order valence-electron chi connectivity index (χ1n) is 19.2. The molecule has 4 rings (SSSR count). The summed E-state index contributed by atoms with van der Waals surface area (Å²) in [6, 6.07) is 0.676. The molecule has 3 heterocycles. The highest BCUT2D eigenvalue weighted by atomic mass is 16.9. The largest absolute Gasteiger partial charge is 0.481 e. The van der Waals surface area contributed by atoms with E-state index in [2.05, 4.69) is 26.6 Å². The minimum Gasteiger partial charge on any atom is -0.481 e. The number of rotatable bonds is 18. The number of nitrogens with zero attached hydrogens (tertiary/aromatic N) is 1. The molecule has 8 atom stereocenters. The molecule has 0 saturated carbocycles. The molecule has 20 heteroatoms. The lowest BCUT2D eigenvalue weighted by Crippen LogP contribution is -2.59. The standard InChI is InChI=1S/C38H56N6O14/c1-19(2)15-23(31(49)42-24(17-27(46)47)32(50)43-28(20(3)4)33(51)44-14-8-9-25(44)34(52)53)41-26(45)16-21-10-12-22(13-11-21)40-36(54)39-18-38-30(56-37(5,6)58-38)29(48)35(55-7)57-38/h10-13,19-20,23-25,28-30,35,48H,8-9,14-18H2,1-7H3,(H,41,45)(H,42,49)(H,43,50)(H,46,47)(H,52,53)(H2,39,40,54)/t23-,24-,25-,28-,29+,30+,35-,38+/m0/s1. The maximum Gasteiger partial charge on any atom is 0.326 e. The zero-order valence-electron chi connectivity index (χ0n) is 33.7. The Morgan fingerprint density at radius 3 is 2.17 bits per heavy atom. The van der Waals surface area contributed by atoms with Gasteiger partial charge in [0.15, 0.2) is 12.1 Å². The van der Waals surface area contributed by atoms with Gasteiger partial charge >= 0.3 is 18.0 Å². The van der Waals surface area contributed by atoms with E-state index in [1.54, 1.807) is 52.0 Å². The van der Waals surface area contributed by atoms with Crippen LogP contribution in [0.3, 0.4) is 0 Å².